The highest BCUT2D eigenvalue weighted by atomic mass is 16.4. The van der Waals surface area contributed by atoms with Crippen molar-refractivity contribution in [3.63, 3.8) is 0 Å². The number of hydrogen-bond donors (Lipinski definition) is 1. The lowest BCUT2D eigenvalue weighted by Crippen LogP contribution is -2.04. The van der Waals surface area contributed by atoms with Crippen molar-refractivity contribution in [3.05, 3.63) is 41.0 Å². The third-order valence-electron chi connectivity index (χ3n) is 3.71. The third-order valence-corrected chi connectivity index (χ3v) is 3.71. The lowest BCUT2D eigenvalue weighted by atomic mass is 9.83. The number of carbonyl (C=O) groups is 1. The predicted molar refractivity (Wildman–Crippen MR) is 73.6 cm³/mol. The molecule has 0 saturated heterocycles. The van der Waals surface area contributed by atoms with Crippen LogP contribution in [0, 0.1) is 0 Å². The molecular formula is C16H20O2. The molecule has 1 aliphatic rings. The minimum absolute atomic E-state index is 0.385. The van der Waals surface area contributed by atoms with Gasteiger partial charge < -0.3 is 5.11 Å². The fraction of sp³-hybridized carbons (Fsp3) is 0.438. The number of carboxylic acids is 1. The van der Waals surface area contributed by atoms with Crippen molar-refractivity contribution in [2.45, 2.75) is 44.9 Å². The summed E-state index contributed by atoms with van der Waals surface area (Å²) in [6.45, 7) is 1.63. The number of rotatable bonds is 3. The van der Waals surface area contributed by atoms with Crippen LogP contribution in [0.2, 0.25) is 0 Å². The maximum absolute atomic E-state index is 10.8. The van der Waals surface area contributed by atoms with Crippen LogP contribution in [0.15, 0.2) is 29.8 Å². The molecule has 2 nitrogen and oxygen atoms in total. The van der Waals surface area contributed by atoms with Crippen LogP contribution in [0.4, 0.5) is 0 Å². The molecule has 96 valence electrons. The lowest BCUT2D eigenvalue weighted by Gasteiger charge is -2.22. The SMILES string of the molecule is C/C(=C\c1cccc(C2CCCCC2)c1)C(=O)O. The molecule has 0 atom stereocenters. The number of benzene rings is 1. The summed E-state index contributed by atoms with van der Waals surface area (Å²) in [4.78, 5) is 10.8. The van der Waals surface area contributed by atoms with Gasteiger partial charge in [-0.1, -0.05) is 43.5 Å². The average molecular weight is 244 g/mol. The van der Waals surface area contributed by atoms with Gasteiger partial charge in [0.1, 0.15) is 0 Å². The van der Waals surface area contributed by atoms with Crippen molar-refractivity contribution in [2.75, 3.05) is 0 Å². The first-order valence-electron chi connectivity index (χ1n) is 6.68. The Bertz CT molecular complexity index is 454. The van der Waals surface area contributed by atoms with Gasteiger partial charge in [-0.3, -0.25) is 0 Å². The monoisotopic (exact) mass is 244 g/mol. The first-order chi connectivity index (χ1) is 8.66. The predicted octanol–water partition coefficient (Wildman–Crippen LogP) is 4.22. The highest BCUT2D eigenvalue weighted by Crippen LogP contribution is 2.33. The Kier molecular flexibility index (Phi) is 4.19. The fourth-order valence-electron chi connectivity index (χ4n) is 2.65. The lowest BCUT2D eigenvalue weighted by molar-refractivity contribution is -0.132. The molecule has 1 N–H and O–H groups in total. The van der Waals surface area contributed by atoms with Crippen LogP contribution in [0.5, 0.6) is 0 Å². The van der Waals surface area contributed by atoms with Gasteiger partial charge in [0.2, 0.25) is 0 Å². The maximum Gasteiger partial charge on any atom is 0.331 e. The van der Waals surface area contributed by atoms with E-state index < -0.39 is 5.97 Å². The number of hydrogen-bond acceptors (Lipinski definition) is 1. The van der Waals surface area contributed by atoms with Crippen LogP contribution in [0.3, 0.4) is 0 Å². The second kappa shape index (κ2) is 5.85. The first kappa shape index (κ1) is 12.9. The molecule has 1 saturated carbocycles. The molecule has 1 aliphatic carbocycles. The molecule has 0 spiro atoms. The molecule has 1 aromatic carbocycles. The molecule has 2 rings (SSSR count). The van der Waals surface area contributed by atoms with Crippen molar-refractivity contribution in [3.8, 4) is 0 Å². The zero-order chi connectivity index (χ0) is 13.0. The molecule has 0 radical (unpaired) electrons. The van der Waals surface area contributed by atoms with Crippen LogP contribution in [0.1, 0.15) is 56.1 Å². The molecule has 0 aliphatic heterocycles. The van der Waals surface area contributed by atoms with Gasteiger partial charge in [0.05, 0.1) is 0 Å². The second-order valence-electron chi connectivity index (χ2n) is 5.14. The molecule has 0 aromatic heterocycles. The summed E-state index contributed by atoms with van der Waals surface area (Å²) >= 11 is 0. The van der Waals surface area contributed by atoms with E-state index in [1.54, 1.807) is 13.0 Å². The van der Waals surface area contributed by atoms with Gasteiger partial charge in [-0.15, -0.1) is 0 Å². The summed E-state index contributed by atoms with van der Waals surface area (Å²) in [5.41, 5.74) is 2.75. The van der Waals surface area contributed by atoms with E-state index in [0.717, 1.165) is 5.56 Å². The van der Waals surface area contributed by atoms with Crippen molar-refractivity contribution in [2.24, 2.45) is 0 Å². The van der Waals surface area contributed by atoms with Gasteiger partial charge in [0.25, 0.3) is 0 Å². The summed E-state index contributed by atoms with van der Waals surface area (Å²) in [5.74, 6) is -0.185. The van der Waals surface area contributed by atoms with Crippen LogP contribution < -0.4 is 0 Å². The van der Waals surface area contributed by atoms with E-state index in [2.05, 4.69) is 12.1 Å². The molecular weight excluding hydrogens is 224 g/mol. The van der Waals surface area contributed by atoms with Crippen LogP contribution >= 0.6 is 0 Å². The van der Waals surface area contributed by atoms with E-state index in [0.29, 0.717) is 11.5 Å². The minimum atomic E-state index is -0.849. The van der Waals surface area contributed by atoms with E-state index in [4.69, 9.17) is 5.11 Å². The van der Waals surface area contributed by atoms with Gasteiger partial charge in [-0.2, -0.15) is 0 Å². The average Bonchev–Trinajstić information content (AvgIpc) is 2.40. The largest absolute Gasteiger partial charge is 0.478 e. The van der Waals surface area contributed by atoms with E-state index in [1.807, 2.05) is 12.1 Å². The Hall–Kier alpha value is -1.57. The molecule has 18 heavy (non-hydrogen) atoms. The topological polar surface area (TPSA) is 37.3 Å². The Morgan fingerprint density at radius 3 is 2.67 bits per heavy atom. The van der Waals surface area contributed by atoms with Gasteiger partial charge >= 0.3 is 5.97 Å². The second-order valence-corrected chi connectivity index (χ2v) is 5.14. The number of carboxylic acid groups (broad SMARTS) is 1. The standard InChI is InChI=1S/C16H20O2/c1-12(16(17)18)10-13-6-5-9-15(11-13)14-7-3-2-4-8-14/h5-6,9-11,14H,2-4,7-8H2,1H3,(H,17,18)/b12-10+. The number of aliphatic carboxylic acids is 1. The zero-order valence-corrected chi connectivity index (χ0v) is 10.9. The normalized spacial score (nSPS) is 17.7. The Balaban J connectivity index is 2.19. The van der Waals surface area contributed by atoms with Crippen molar-refractivity contribution in [1.29, 1.82) is 0 Å². The van der Waals surface area contributed by atoms with E-state index in [9.17, 15) is 4.79 Å². The van der Waals surface area contributed by atoms with Crippen LogP contribution in [-0.4, -0.2) is 11.1 Å². The summed E-state index contributed by atoms with van der Waals surface area (Å²) in [6.07, 6.45) is 8.27. The molecule has 1 fully saturated rings. The van der Waals surface area contributed by atoms with Crippen molar-refractivity contribution >= 4 is 12.0 Å². The maximum atomic E-state index is 10.8. The summed E-state index contributed by atoms with van der Waals surface area (Å²) < 4.78 is 0. The van der Waals surface area contributed by atoms with E-state index >= 15 is 0 Å². The highest BCUT2D eigenvalue weighted by Gasteiger charge is 2.15. The van der Waals surface area contributed by atoms with Gasteiger partial charge in [0, 0.05) is 5.57 Å². The van der Waals surface area contributed by atoms with Crippen molar-refractivity contribution in [1.82, 2.24) is 0 Å². The summed E-state index contributed by atoms with van der Waals surface area (Å²) in [6, 6.07) is 8.32. The van der Waals surface area contributed by atoms with Gasteiger partial charge in [-0.25, -0.2) is 4.79 Å². The third kappa shape index (κ3) is 3.22. The summed E-state index contributed by atoms with van der Waals surface area (Å²) in [7, 11) is 0. The van der Waals surface area contributed by atoms with E-state index in [1.165, 1.54) is 37.7 Å². The molecule has 2 heteroatoms. The van der Waals surface area contributed by atoms with Crippen LogP contribution in [0.25, 0.3) is 6.08 Å². The Morgan fingerprint density at radius 2 is 2.00 bits per heavy atom. The van der Waals surface area contributed by atoms with Gasteiger partial charge in [-0.05, 0) is 42.9 Å². The molecule has 0 amide bonds. The molecule has 1 aromatic rings. The molecule has 0 unspecified atom stereocenters. The smallest absolute Gasteiger partial charge is 0.331 e. The van der Waals surface area contributed by atoms with E-state index in [-0.39, 0.29) is 0 Å². The fourth-order valence-corrected chi connectivity index (χ4v) is 2.65. The summed E-state index contributed by atoms with van der Waals surface area (Å²) in [5, 5.41) is 8.89. The van der Waals surface area contributed by atoms with Gasteiger partial charge in [0.15, 0.2) is 0 Å². The minimum Gasteiger partial charge on any atom is -0.478 e. The van der Waals surface area contributed by atoms with Crippen LogP contribution in [-0.2, 0) is 4.79 Å². The Morgan fingerprint density at radius 1 is 1.28 bits per heavy atom. The Labute approximate surface area is 108 Å². The van der Waals surface area contributed by atoms with Crippen molar-refractivity contribution < 1.29 is 9.90 Å². The first-order valence-corrected chi connectivity index (χ1v) is 6.68. The zero-order valence-electron chi connectivity index (χ0n) is 10.9. The molecule has 0 heterocycles. The quantitative estimate of drug-likeness (QED) is 0.808. The molecule has 0 bridgehead atoms. The highest BCUT2D eigenvalue weighted by molar-refractivity contribution is 5.91.